The molecule has 0 aromatic carbocycles. The van der Waals surface area contributed by atoms with E-state index in [1.165, 1.54) is 38.5 Å². The Balaban J connectivity index is 2.36. The van der Waals surface area contributed by atoms with Crippen molar-refractivity contribution in [1.29, 1.82) is 0 Å². The van der Waals surface area contributed by atoms with Gasteiger partial charge in [0.15, 0.2) is 0 Å². The SMILES string of the molecule is CCCNC(CCOCC)C1CCCC(C)C1. The van der Waals surface area contributed by atoms with Gasteiger partial charge in [-0.15, -0.1) is 0 Å². The van der Waals surface area contributed by atoms with E-state index >= 15 is 0 Å². The Hall–Kier alpha value is -0.0800. The Morgan fingerprint density at radius 2 is 2.12 bits per heavy atom. The molecule has 1 fully saturated rings. The van der Waals surface area contributed by atoms with Crippen LogP contribution in [0.15, 0.2) is 0 Å². The molecule has 1 rings (SSSR count). The van der Waals surface area contributed by atoms with Crippen LogP contribution in [-0.2, 0) is 4.74 Å². The number of ether oxygens (including phenoxy) is 1. The number of nitrogens with one attached hydrogen (secondary N) is 1. The molecular weight excluding hydrogens is 210 g/mol. The molecule has 0 radical (unpaired) electrons. The van der Waals surface area contributed by atoms with Crippen molar-refractivity contribution in [2.75, 3.05) is 19.8 Å². The smallest absolute Gasteiger partial charge is 0.0480 e. The molecule has 2 nitrogen and oxygen atoms in total. The van der Waals surface area contributed by atoms with Crippen molar-refractivity contribution in [3.8, 4) is 0 Å². The molecule has 0 aromatic rings. The van der Waals surface area contributed by atoms with E-state index < -0.39 is 0 Å². The van der Waals surface area contributed by atoms with Gasteiger partial charge in [0, 0.05) is 19.3 Å². The average Bonchev–Trinajstić information content (AvgIpc) is 2.33. The third kappa shape index (κ3) is 5.87. The van der Waals surface area contributed by atoms with Crippen molar-refractivity contribution in [3.63, 3.8) is 0 Å². The van der Waals surface area contributed by atoms with Crippen LogP contribution in [0.4, 0.5) is 0 Å². The third-order valence-corrected chi connectivity index (χ3v) is 3.98. The minimum Gasteiger partial charge on any atom is -0.382 e. The van der Waals surface area contributed by atoms with Gasteiger partial charge < -0.3 is 10.1 Å². The minimum absolute atomic E-state index is 0.684. The highest BCUT2D eigenvalue weighted by Gasteiger charge is 2.25. The summed E-state index contributed by atoms with van der Waals surface area (Å²) in [6, 6.07) is 0.684. The van der Waals surface area contributed by atoms with Crippen LogP contribution in [0.1, 0.15) is 59.3 Å². The lowest BCUT2D eigenvalue weighted by Crippen LogP contribution is -2.39. The van der Waals surface area contributed by atoms with Crippen molar-refractivity contribution in [1.82, 2.24) is 5.32 Å². The lowest BCUT2D eigenvalue weighted by atomic mass is 9.78. The molecule has 1 N–H and O–H groups in total. The monoisotopic (exact) mass is 241 g/mol. The van der Waals surface area contributed by atoms with Crippen molar-refractivity contribution >= 4 is 0 Å². The van der Waals surface area contributed by atoms with E-state index in [1.54, 1.807) is 0 Å². The molecule has 0 aliphatic heterocycles. The maximum Gasteiger partial charge on any atom is 0.0480 e. The topological polar surface area (TPSA) is 21.3 Å². The van der Waals surface area contributed by atoms with Crippen LogP contribution in [0.2, 0.25) is 0 Å². The Labute approximate surface area is 108 Å². The Kier molecular flexibility index (Phi) is 7.87. The second kappa shape index (κ2) is 8.93. The summed E-state index contributed by atoms with van der Waals surface area (Å²) in [4.78, 5) is 0. The summed E-state index contributed by atoms with van der Waals surface area (Å²) in [6.07, 6.45) is 8.09. The summed E-state index contributed by atoms with van der Waals surface area (Å²) in [7, 11) is 0. The van der Waals surface area contributed by atoms with Gasteiger partial charge in [-0.3, -0.25) is 0 Å². The Morgan fingerprint density at radius 1 is 1.29 bits per heavy atom. The van der Waals surface area contributed by atoms with E-state index in [9.17, 15) is 0 Å². The summed E-state index contributed by atoms with van der Waals surface area (Å²) in [5.74, 6) is 1.80. The summed E-state index contributed by atoms with van der Waals surface area (Å²) in [5.41, 5.74) is 0. The van der Waals surface area contributed by atoms with Gasteiger partial charge in [0.1, 0.15) is 0 Å². The minimum atomic E-state index is 0.684. The van der Waals surface area contributed by atoms with Crippen LogP contribution >= 0.6 is 0 Å². The first-order valence-electron chi connectivity index (χ1n) is 7.59. The van der Waals surface area contributed by atoms with Gasteiger partial charge in [0.2, 0.25) is 0 Å². The zero-order valence-corrected chi connectivity index (χ0v) is 12.0. The van der Waals surface area contributed by atoms with Crippen molar-refractivity contribution in [2.45, 2.75) is 65.3 Å². The number of hydrogen-bond donors (Lipinski definition) is 1. The van der Waals surface area contributed by atoms with Gasteiger partial charge in [-0.25, -0.2) is 0 Å². The molecular formula is C15H31NO. The maximum absolute atomic E-state index is 5.52. The molecule has 1 aliphatic carbocycles. The lowest BCUT2D eigenvalue weighted by Gasteiger charge is -2.34. The van der Waals surface area contributed by atoms with Gasteiger partial charge in [-0.05, 0) is 51.0 Å². The molecule has 0 aromatic heterocycles. The first kappa shape index (κ1) is 15.0. The van der Waals surface area contributed by atoms with Gasteiger partial charge in [0.05, 0.1) is 0 Å². The highest BCUT2D eigenvalue weighted by atomic mass is 16.5. The van der Waals surface area contributed by atoms with Crippen LogP contribution in [0.3, 0.4) is 0 Å². The van der Waals surface area contributed by atoms with E-state index in [4.69, 9.17) is 4.74 Å². The standard InChI is InChI=1S/C15H31NO/c1-4-10-16-15(9-11-17-5-2)14-8-6-7-13(3)12-14/h13-16H,4-12H2,1-3H3. The molecule has 1 saturated carbocycles. The highest BCUT2D eigenvalue weighted by molar-refractivity contribution is 4.81. The van der Waals surface area contributed by atoms with Crippen LogP contribution in [0.25, 0.3) is 0 Å². The predicted octanol–water partition coefficient (Wildman–Crippen LogP) is 3.61. The fraction of sp³-hybridized carbons (Fsp3) is 1.00. The third-order valence-electron chi connectivity index (χ3n) is 3.98. The zero-order valence-electron chi connectivity index (χ0n) is 12.0. The summed E-state index contributed by atoms with van der Waals surface area (Å²) >= 11 is 0. The lowest BCUT2D eigenvalue weighted by molar-refractivity contribution is 0.118. The molecule has 0 bridgehead atoms. The molecule has 0 spiro atoms. The first-order chi connectivity index (χ1) is 8.27. The Morgan fingerprint density at radius 3 is 2.76 bits per heavy atom. The van der Waals surface area contributed by atoms with E-state index in [0.717, 1.165) is 31.6 Å². The molecule has 0 amide bonds. The second-order valence-electron chi connectivity index (χ2n) is 5.58. The molecule has 3 atom stereocenters. The zero-order chi connectivity index (χ0) is 12.5. The van der Waals surface area contributed by atoms with E-state index in [-0.39, 0.29) is 0 Å². The van der Waals surface area contributed by atoms with Gasteiger partial charge >= 0.3 is 0 Å². The van der Waals surface area contributed by atoms with Crippen LogP contribution in [0, 0.1) is 11.8 Å². The van der Waals surface area contributed by atoms with E-state index in [2.05, 4.69) is 26.1 Å². The second-order valence-corrected chi connectivity index (χ2v) is 5.58. The van der Waals surface area contributed by atoms with Gasteiger partial charge in [0.25, 0.3) is 0 Å². The van der Waals surface area contributed by atoms with Crippen LogP contribution < -0.4 is 5.32 Å². The van der Waals surface area contributed by atoms with Gasteiger partial charge in [-0.1, -0.05) is 26.7 Å². The van der Waals surface area contributed by atoms with Crippen molar-refractivity contribution < 1.29 is 4.74 Å². The number of hydrogen-bond acceptors (Lipinski definition) is 2. The first-order valence-corrected chi connectivity index (χ1v) is 7.59. The van der Waals surface area contributed by atoms with E-state index in [1.807, 2.05) is 0 Å². The fourth-order valence-electron chi connectivity index (χ4n) is 3.04. The molecule has 3 unspecified atom stereocenters. The summed E-state index contributed by atoms with van der Waals surface area (Å²) in [5, 5.41) is 3.74. The molecule has 2 heteroatoms. The molecule has 1 aliphatic rings. The summed E-state index contributed by atoms with van der Waals surface area (Å²) < 4.78 is 5.52. The van der Waals surface area contributed by atoms with Crippen LogP contribution in [0.5, 0.6) is 0 Å². The molecule has 0 saturated heterocycles. The van der Waals surface area contributed by atoms with Gasteiger partial charge in [-0.2, -0.15) is 0 Å². The molecule has 102 valence electrons. The maximum atomic E-state index is 5.52. The van der Waals surface area contributed by atoms with E-state index in [0.29, 0.717) is 6.04 Å². The normalized spacial score (nSPS) is 27.0. The molecule has 17 heavy (non-hydrogen) atoms. The summed E-state index contributed by atoms with van der Waals surface area (Å²) in [6.45, 7) is 9.66. The predicted molar refractivity (Wildman–Crippen MR) is 74.3 cm³/mol. The highest BCUT2D eigenvalue weighted by Crippen LogP contribution is 2.31. The largest absolute Gasteiger partial charge is 0.382 e. The number of rotatable bonds is 8. The average molecular weight is 241 g/mol. The Bertz CT molecular complexity index is 184. The van der Waals surface area contributed by atoms with Crippen molar-refractivity contribution in [2.24, 2.45) is 11.8 Å². The van der Waals surface area contributed by atoms with Crippen molar-refractivity contribution in [3.05, 3.63) is 0 Å². The van der Waals surface area contributed by atoms with Crippen LogP contribution in [-0.4, -0.2) is 25.8 Å². The fourth-order valence-corrected chi connectivity index (χ4v) is 3.04. The molecule has 0 heterocycles. The quantitative estimate of drug-likeness (QED) is 0.656.